The molecular formula is C21H23N3OS. The summed E-state index contributed by atoms with van der Waals surface area (Å²) in [5.74, 6) is 2.10. The third-order valence-corrected chi connectivity index (χ3v) is 6.12. The summed E-state index contributed by atoms with van der Waals surface area (Å²) in [4.78, 5) is 11.7. The second-order valence-corrected chi connectivity index (χ2v) is 7.38. The van der Waals surface area contributed by atoms with E-state index in [0.717, 1.165) is 41.7 Å². The number of methoxy groups -OCH3 is 1. The van der Waals surface area contributed by atoms with Crippen molar-refractivity contribution in [1.29, 1.82) is 0 Å². The zero-order chi connectivity index (χ0) is 18.1. The number of ether oxygens (including phenoxy) is 1. The molecular weight excluding hydrogens is 342 g/mol. The predicted octanol–water partition coefficient (Wildman–Crippen LogP) is 4.28. The second-order valence-electron chi connectivity index (χ2n) is 7.19. The number of rotatable bonds is 5. The lowest BCUT2D eigenvalue weighted by atomic mass is 9.73. The highest BCUT2D eigenvalue weighted by Crippen LogP contribution is 2.43. The van der Waals surface area contributed by atoms with Crippen molar-refractivity contribution >= 4 is 28.3 Å². The van der Waals surface area contributed by atoms with Crippen LogP contribution in [0.3, 0.4) is 0 Å². The van der Waals surface area contributed by atoms with Gasteiger partial charge in [0.1, 0.15) is 11.8 Å². The van der Waals surface area contributed by atoms with E-state index in [4.69, 9.17) is 17.0 Å². The lowest BCUT2D eigenvalue weighted by Crippen LogP contribution is -2.54. The Bertz CT molecular complexity index is 877. The minimum atomic E-state index is -0.0290. The molecule has 0 radical (unpaired) electrons. The standard InChI is InChI=1S/C21H23N3OS/c1-3-14-12-24-9-7-15(14)10-20(24)21(23-13-26)17-6-8-22-19-5-4-16(25-2)11-18(17)19/h3-6,8,11,14-15,20-21H,1,7,9-10,12H2,2H3/t14-,15-,20+,21+/m0/s1. The van der Waals surface area contributed by atoms with Crippen molar-refractivity contribution in [2.75, 3.05) is 20.2 Å². The van der Waals surface area contributed by atoms with E-state index in [2.05, 4.69) is 38.8 Å². The summed E-state index contributed by atoms with van der Waals surface area (Å²) in [5.41, 5.74) is 2.10. The van der Waals surface area contributed by atoms with Crippen molar-refractivity contribution in [3.63, 3.8) is 0 Å². The number of fused-ring (bicyclic) bond motifs is 4. The fourth-order valence-electron chi connectivity index (χ4n) is 4.66. The highest BCUT2D eigenvalue weighted by atomic mass is 32.1. The third-order valence-electron chi connectivity index (χ3n) is 6.01. The van der Waals surface area contributed by atoms with Crippen molar-refractivity contribution < 1.29 is 4.74 Å². The number of thiocarbonyl (C=S) groups is 1. The number of piperidine rings is 3. The van der Waals surface area contributed by atoms with E-state index < -0.39 is 0 Å². The Morgan fingerprint density at radius 2 is 2.35 bits per heavy atom. The van der Waals surface area contributed by atoms with Gasteiger partial charge in [-0.25, -0.2) is 4.99 Å². The zero-order valence-corrected chi connectivity index (χ0v) is 15.8. The second kappa shape index (κ2) is 7.28. The van der Waals surface area contributed by atoms with Gasteiger partial charge < -0.3 is 4.74 Å². The van der Waals surface area contributed by atoms with Gasteiger partial charge in [0.15, 0.2) is 0 Å². The lowest BCUT2D eigenvalue weighted by molar-refractivity contribution is 0.00801. The SMILES string of the molecule is C=C[C@H]1CN2CC[C@H]1C[C@@H]2[C@H](N=C=S)c1ccnc2ccc(OC)cc12. The molecule has 4 nitrogen and oxygen atoms in total. The summed E-state index contributed by atoms with van der Waals surface area (Å²) in [6.07, 6.45) is 6.35. The molecule has 2 bridgehead atoms. The minimum absolute atomic E-state index is 0.0290. The van der Waals surface area contributed by atoms with Crippen LogP contribution in [0.25, 0.3) is 10.9 Å². The van der Waals surface area contributed by atoms with E-state index in [1.807, 2.05) is 24.4 Å². The van der Waals surface area contributed by atoms with E-state index in [1.54, 1.807) is 7.11 Å². The maximum absolute atomic E-state index is 5.42. The maximum atomic E-state index is 5.42. The Morgan fingerprint density at radius 1 is 1.46 bits per heavy atom. The summed E-state index contributed by atoms with van der Waals surface area (Å²) in [6, 6.07) is 8.37. The van der Waals surface area contributed by atoms with Crippen LogP contribution in [0.5, 0.6) is 5.75 Å². The number of isothiocyanates is 1. The molecule has 0 saturated carbocycles. The van der Waals surface area contributed by atoms with Crippen LogP contribution in [0.2, 0.25) is 0 Å². The molecule has 3 aliphatic rings. The zero-order valence-electron chi connectivity index (χ0n) is 15.0. The van der Waals surface area contributed by atoms with E-state index in [-0.39, 0.29) is 6.04 Å². The Hall–Kier alpha value is -2.07. The number of hydrogen-bond acceptors (Lipinski definition) is 5. The van der Waals surface area contributed by atoms with Gasteiger partial charge in [-0.3, -0.25) is 9.88 Å². The van der Waals surface area contributed by atoms with Crippen molar-refractivity contribution in [2.45, 2.75) is 24.9 Å². The Labute approximate surface area is 159 Å². The van der Waals surface area contributed by atoms with Gasteiger partial charge in [-0.15, -0.1) is 6.58 Å². The van der Waals surface area contributed by atoms with Crippen LogP contribution in [0.15, 0.2) is 48.1 Å². The van der Waals surface area contributed by atoms with Crippen LogP contribution in [0, 0.1) is 11.8 Å². The molecule has 26 heavy (non-hydrogen) atoms. The van der Waals surface area contributed by atoms with Crippen LogP contribution in [-0.2, 0) is 0 Å². The highest BCUT2D eigenvalue weighted by molar-refractivity contribution is 7.78. The number of aromatic nitrogens is 1. The van der Waals surface area contributed by atoms with Gasteiger partial charge in [0.05, 0.1) is 17.8 Å². The topological polar surface area (TPSA) is 37.7 Å². The lowest BCUT2D eigenvalue weighted by Gasteiger charge is -2.50. The minimum Gasteiger partial charge on any atom is -0.497 e. The largest absolute Gasteiger partial charge is 0.497 e. The van der Waals surface area contributed by atoms with Crippen molar-refractivity contribution in [1.82, 2.24) is 9.88 Å². The molecule has 5 rings (SSSR count). The molecule has 5 heteroatoms. The molecule has 4 heterocycles. The summed E-state index contributed by atoms with van der Waals surface area (Å²) in [7, 11) is 1.69. The average molecular weight is 366 g/mol. The molecule has 0 N–H and O–H groups in total. The molecule has 0 aliphatic carbocycles. The molecule has 1 aromatic heterocycles. The number of pyridine rings is 1. The van der Waals surface area contributed by atoms with Crippen LogP contribution in [0.1, 0.15) is 24.4 Å². The van der Waals surface area contributed by atoms with Gasteiger partial charge in [0.25, 0.3) is 0 Å². The van der Waals surface area contributed by atoms with Gasteiger partial charge >= 0.3 is 0 Å². The Balaban J connectivity index is 1.77. The smallest absolute Gasteiger partial charge is 0.119 e. The quantitative estimate of drug-likeness (QED) is 0.450. The molecule has 3 fully saturated rings. The normalized spacial score (nSPS) is 28.3. The first-order valence-electron chi connectivity index (χ1n) is 9.11. The van der Waals surface area contributed by atoms with Crippen molar-refractivity contribution in [2.24, 2.45) is 16.8 Å². The molecule has 1 aromatic carbocycles. The fourth-order valence-corrected chi connectivity index (χ4v) is 4.77. The summed E-state index contributed by atoms with van der Waals surface area (Å²) >= 11 is 5.01. The molecule has 0 amide bonds. The first-order valence-corrected chi connectivity index (χ1v) is 9.52. The first-order chi connectivity index (χ1) is 12.7. The molecule has 5 atom stereocenters. The van der Waals surface area contributed by atoms with E-state index in [0.29, 0.717) is 17.9 Å². The first kappa shape index (κ1) is 17.3. The van der Waals surface area contributed by atoms with E-state index >= 15 is 0 Å². The van der Waals surface area contributed by atoms with Gasteiger partial charge in [0, 0.05) is 24.2 Å². The number of aliphatic imine (C=N–C) groups is 1. The fraction of sp³-hybridized carbons (Fsp3) is 0.429. The molecule has 1 unspecified atom stereocenters. The van der Waals surface area contributed by atoms with Crippen LogP contribution in [0.4, 0.5) is 0 Å². The average Bonchev–Trinajstić information content (AvgIpc) is 2.71. The highest BCUT2D eigenvalue weighted by Gasteiger charge is 2.42. The van der Waals surface area contributed by atoms with Crippen molar-refractivity contribution in [3.05, 3.63) is 48.7 Å². The molecule has 0 spiro atoms. The van der Waals surface area contributed by atoms with E-state index in [1.165, 1.54) is 6.42 Å². The summed E-state index contributed by atoms with van der Waals surface area (Å²) in [6.45, 7) is 6.21. The Kier molecular flexibility index (Phi) is 4.86. The molecule has 2 aromatic rings. The van der Waals surface area contributed by atoms with Crippen molar-refractivity contribution in [3.8, 4) is 5.75 Å². The predicted molar refractivity (Wildman–Crippen MR) is 108 cm³/mol. The molecule has 3 aliphatic heterocycles. The van der Waals surface area contributed by atoms with Gasteiger partial charge in [-0.05, 0) is 73.3 Å². The van der Waals surface area contributed by atoms with Gasteiger partial charge in [0.2, 0.25) is 0 Å². The van der Waals surface area contributed by atoms with Crippen LogP contribution in [-0.4, -0.2) is 41.3 Å². The van der Waals surface area contributed by atoms with Crippen LogP contribution < -0.4 is 4.74 Å². The van der Waals surface area contributed by atoms with E-state index in [9.17, 15) is 0 Å². The summed E-state index contributed by atoms with van der Waals surface area (Å²) in [5, 5.41) is 3.73. The number of benzene rings is 1. The van der Waals surface area contributed by atoms with Gasteiger partial charge in [-0.1, -0.05) is 6.08 Å². The summed E-state index contributed by atoms with van der Waals surface area (Å²) < 4.78 is 5.42. The Morgan fingerprint density at radius 3 is 3.04 bits per heavy atom. The molecule has 134 valence electrons. The monoisotopic (exact) mass is 365 g/mol. The van der Waals surface area contributed by atoms with Gasteiger partial charge in [-0.2, -0.15) is 0 Å². The number of nitrogens with zero attached hydrogens (tertiary/aromatic N) is 3. The maximum Gasteiger partial charge on any atom is 0.119 e. The number of hydrogen-bond donors (Lipinski definition) is 0. The third kappa shape index (κ3) is 2.96. The van der Waals surface area contributed by atoms with Crippen LogP contribution >= 0.6 is 12.2 Å². The molecule has 3 saturated heterocycles.